The molecule has 0 bridgehead atoms. The van der Waals surface area contributed by atoms with E-state index in [0.29, 0.717) is 35.1 Å². The predicted octanol–water partition coefficient (Wildman–Crippen LogP) is 5.53. The first-order chi connectivity index (χ1) is 15.3. The fraction of sp³-hybridized carbons (Fsp3) is 0.273. The summed E-state index contributed by atoms with van der Waals surface area (Å²) < 4.78 is 26.5. The van der Waals surface area contributed by atoms with Crippen molar-refractivity contribution in [3.63, 3.8) is 0 Å². The van der Waals surface area contributed by atoms with E-state index in [9.17, 15) is 9.18 Å². The van der Waals surface area contributed by atoms with Gasteiger partial charge < -0.3 is 25.1 Å². The molecule has 1 aliphatic heterocycles. The second-order valence-corrected chi connectivity index (χ2v) is 8.59. The number of nitrogens with two attached hydrogens (primary N) is 1. The Morgan fingerprint density at radius 3 is 2.94 bits per heavy atom. The van der Waals surface area contributed by atoms with Gasteiger partial charge in [-0.05, 0) is 31.1 Å². The summed E-state index contributed by atoms with van der Waals surface area (Å²) in [6, 6.07) is 2.74. The summed E-state index contributed by atoms with van der Waals surface area (Å²) in [4.78, 5) is 17.8. The van der Waals surface area contributed by atoms with Crippen LogP contribution >= 0.6 is 27.5 Å². The SMILES string of the molecule is CNC(=O)N1CC=C(c2coc3c(OC(C)c4c(Br)ccc(F)c4Cl)c(N)ncc23)CC1. The number of benzene rings is 1. The fourth-order valence-corrected chi connectivity index (χ4v) is 4.84. The van der Waals surface area contributed by atoms with Gasteiger partial charge in [0.15, 0.2) is 11.4 Å². The number of carbonyl (C=O) groups is 1. The molecule has 168 valence electrons. The molecule has 1 aromatic carbocycles. The Morgan fingerprint density at radius 1 is 1.47 bits per heavy atom. The largest absolute Gasteiger partial charge is 0.478 e. The highest BCUT2D eigenvalue weighted by Gasteiger charge is 2.24. The number of anilines is 1. The minimum absolute atomic E-state index is 0.0289. The second-order valence-electron chi connectivity index (χ2n) is 7.36. The first-order valence-electron chi connectivity index (χ1n) is 9.93. The van der Waals surface area contributed by atoms with Crippen LogP contribution in [0.2, 0.25) is 5.02 Å². The van der Waals surface area contributed by atoms with Crippen molar-refractivity contribution < 1.29 is 18.3 Å². The van der Waals surface area contributed by atoms with Crippen LogP contribution in [0, 0.1) is 5.82 Å². The molecule has 0 spiro atoms. The zero-order valence-electron chi connectivity index (χ0n) is 17.4. The maximum Gasteiger partial charge on any atom is 0.317 e. The summed E-state index contributed by atoms with van der Waals surface area (Å²) in [6.07, 6.45) is 5.30. The van der Waals surface area contributed by atoms with E-state index in [1.807, 2.05) is 6.08 Å². The number of nitrogens with one attached hydrogen (secondary N) is 1. The van der Waals surface area contributed by atoms with Gasteiger partial charge in [-0.2, -0.15) is 0 Å². The summed E-state index contributed by atoms with van der Waals surface area (Å²) in [5, 5.41) is 3.35. The van der Waals surface area contributed by atoms with Crippen LogP contribution in [-0.2, 0) is 0 Å². The first-order valence-corrected chi connectivity index (χ1v) is 11.1. The molecule has 0 fully saturated rings. The molecule has 3 N–H and O–H groups in total. The average molecular weight is 524 g/mol. The van der Waals surface area contributed by atoms with Crippen molar-refractivity contribution >= 4 is 55.9 Å². The lowest BCUT2D eigenvalue weighted by Crippen LogP contribution is -2.40. The van der Waals surface area contributed by atoms with E-state index in [2.05, 4.69) is 26.2 Å². The van der Waals surface area contributed by atoms with E-state index in [1.54, 1.807) is 37.4 Å². The molecular weight excluding hydrogens is 503 g/mol. The molecule has 0 saturated heterocycles. The lowest BCUT2D eigenvalue weighted by molar-refractivity contribution is 0.205. The molecule has 4 rings (SSSR count). The van der Waals surface area contributed by atoms with E-state index in [0.717, 1.165) is 16.5 Å². The zero-order valence-corrected chi connectivity index (χ0v) is 19.8. The average Bonchev–Trinajstić information content (AvgIpc) is 3.22. The van der Waals surface area contributed by atoms with Gasteiger partial charge in [-0.25, -0.2) is 14.2 Å². The molecule has 2 amide bonds. The lowest BCUT2D eigenvalue weighted by Gasteiger charge is -2.25. The molecule has 7 nitrogen and oxygen atoms in total. The van der Waals surface area contributed by atoms with Gasteiger partial charge in [0.25, 0.3) is 0 Å². The maximum absolute atomic E-state index is 14.0. The smallest absolute Gasteiger partial charge is 0.317 e. The number of carbonyl (C=O) groups excluding carboxylic acids is 1. The van der Waals surface area contributed by atoms with Gasteiger partial charge in [-0.1, -0.05) is 33.6 Å². The Bertz CT molecular complexity index is 1230. The van der Waals surface area contributed by atoms with Crippen molar-refractivity contribution in [2.75, 3.05) is 25.9 Å². The number of hydrogen-bond donors (Lipinski definition) is 2. The number of ether oxygens (including phenoxy) is 1. The van der Waals surface area contributed by atoms with Crippen molar-refractivity contribution in [3.05, 3.63) is 57.1 Å². The number of amides is 2. The summed E-state index contributed by atoms with van der Waals surface area (Å²) in [6.45, 7) is 2.83. The van der Waals surface area contributed by atoms with Crippen LogP contribution in [0.15, 0.2) is 39.6 Å². The highest BCUT2D eigenvalue weighted by Crippen LogP contribution is 2.41. The van der Waals surface area contributed by atoms with E-state index in [1.165, 1.54) is 6.07 Å². The molecule has 0 radical (unpaired) electrons. The summed E-state index contributed by atoms with van der Waals surface area (Å²) in [5.41, 5.74) is 8.91. The molecule has 3 heterocycles. The van der Waals surface area contributed by atoms with Crippen molar-refractivity contribution in [1.29, 1.82) is 0 Å². The molecular formula is C22H21BrClFN4O3. The van der Waals surface area contributed by atoms with Gasteiger partial charge in [0.1, 0.15) is 11.9 Å². The number of aromatic nitrogens is 1. The highest BCUT2D eigenvalue weighted by atomic mass is 79.9. The van der Waals surface area contributed by atoms with E-state index < -0.39 is 11.9 Å². The Hall–Kier alpha value is -2.78. The van der Waals surface area contributed by atoms with E-state index >= 15 is 0 Å². The molecule has 10 heteroatoms. The summed E-state index contributed by atoms with van der Waals surface area (Å²) in [5.74, 6) is -0.130. The lowest BCUT2D eigenvalue weighted by atomic mass is 9.99. The van der Waals surface area contributed by atoms with Crippen LogP contribution in [0.1, 0.15) is 30.6 Å². The van der Waals surface area contributed by atoms with Crippen LogP contribution in [0.5, 0.6) is 5.75 Å². The third kappa shape index (κ3) is 4.02. The second kappa shape index (κ2) is 8.99. The standard InChI is InChI=1S/C22H21BrClFN4O3/c1-11(17-15(23)3-4-16(25)18(17)24)32-20-19-13(9-28-21(20)26)14(10-31-19)12-5-7-29(8-6-12)22(30)27-2/h3-5,9-11H,6-8H2,1-2H3,(H2,26,28)(H,27,30). The highest BCUT2D eigenvalue weighted by molar-refractivity contribution is 9.10. The Morgan fingerprint density at radius 2 is 2.25 bits per heavy atom. The molecule has 2 aromatic heterocycles. The fourth-order valence-electron chi connectivity index (χ4n) is 3.75. The number of urea groups is 1. The van der Waals surface area contributed by atoms with Crippen LogP contribution < -0.4 is 15.8 Å². The minimum Gasteiger partial charge on any atom is -0.478 e. The molecule has 0 aliphatic carbocycles. The minimum atomic E-state index is -0.633. The number of halogens is 3. The van der Waals surface area contributed by atoms with Gasteiger partial charge in [-0.15, -0.1) is 0 Å². The Kier molecular flexibility index (Phi) is 6.30. The number of fused-ring (bicyclic) bond motifs is 1. The maximum atomic E-state index is 14.0. The van der Waals surface area contributed by atoms with Crippen LogP contribution in [0.3, 0.4) is 0 Å². The third-order valence-corrected chi connectivity index (χ3v) is 6.51. The number of pyridine rings is 1. The number of nitrogens with zero attached hydrogens (tertiary/aromatic N) is 2. The van der Waals surface area contributed by atoms with Crippen LogP contribution in [-0.4, -0.2) is 36.1 Å². The topological polar surface area (TPSA) is 93.6 Å². The monoisotopic (exact) mass is 522 g/mol. The van der Waals surface area contributed by atoms with Gasteiger partial charge >= 0.3 is 6.03 Å². The summed E-state index contributed by atoms with van der Waals surface area (Å²) >= 11 is 9.57. The number of nitrogen functional groups attached to an aromatic ring is 1. The van der Waals surface area contributed by atoms with E-state index in [4.69, 9.17) is 26.5 Å². The van der Waals surface area contributed by atoms with Crippen molar-refractivity contribution in [1.82, 2.24) is 15.2 Å². The predicted molar refractivity (Wildman–Crippen MR) is 125 cm³/mol. The molecule has 0 saturated carbocycles. The molecule has 32 heavy (non-hydrogen) atoms. The van der Waals surface area contributed by atoms with E-state index in [-0.39, 0.29) is 22.6 Å². The number of furan rings is 1. The van der Waals surface area contributed by atoms with Crippen LogP contribution in [0.4, 0.5) is 15.0 Å². The van der Waals surface area contributed by atoms with Gasteiger partial charge in [-0.3, -0.25) is 0 Å². The third-order valence-electron chi connectivity index (χ3n) is 5.44. The Labute approximate surface area is 197 Å². The molecule has 1 unspecified atom stereocenters. The number of hydrogen-bond acceptors (Lipinski definition) is 5. The van der Waals surface area contributed by atoms with Crippen LogP contribution in [0.25, 0.3) is 16.5 Å². The zero-order chi connectivity index (χ0) is 23.0. The van der Waals surface area contributed by atoms with Crippen molar-refractivity contribution in [2.45, 2.75) is 19.4 Å². The van der Waals surface area contributed by atoms with Gasteiger partial charge in [0.2, 0.25) is 5.75 Å². The van der Waals surface area contributed by atoms with Crippen molar-refractivity contribution in [2.24, 2.45) is 0 Å². The normalized spacial score (nSPS) is 14.9. The molecule has 1 aliphatic rings. The van der Waals surface area contributed by atoms with Gasteiger partial charge in [0, 0.05) is 41.9 Å². The molecule has 1 atom stereocenters. The van der Waals surface area contributed by atoms with Gasteiger partial charge in [0.05, 0.1) is 16.7 Å². The number of rotatable bonds is 4. The van der Waals surface area contributed by atoms with Crippen molar-refractivity contribution in [3.8, 4) is 5.75 Å². The summed E-state index contributed by atoms with van der Waals surface area (Å²) in [7, 11) is 1.61. The quantitative estimate of drug-likeness (QED) is 0.438. The molecule has 3 aromatic rings. The first kappa shape index (κ1) is 22.4. The Balaban J connectivity index is 1.67.